The second-order valence-electron chi connectivity index (χ2n) is 9.56. The molecular weight excluding hydrogens is 472 g/mol. The fourth-order valence-corrected chi connectivity index (χ4v) is 6.60. The largest absolute Gasteiger partial charge is 0.457 e. The molecule has 0 bridgehead atoms. The van der Waals surface area contributed by atoms with E-state index in [1.165, 1.54) is 18.2 Å². The molecule has 2 atom stereocenters. The van der Waals surface area contributed by atoms with Crippen molar-refractivity contribution in [1.82, 2.24) is 15.6 Å². The Labute approximate surface area is 214 Å². The molecule has 2 N–H and O–H groups in total. The molecule has 0 spiro atoms. The third-order valence-electron chi connectivity index (χ3n) is 7.10. The van der Waals surface area contributed by atoms with Crippen molar-refractivity contribution in [3.8, 4) is 11.5 Å². The van der Waals surface area contributed by atoms with E-state index in [-0.39, 0.29) is 18.0 Å². The van der Waals surface area contributed by atoms with Crippen LogP contribution in [0.2, 0.25) is 0 Å². The van der Waals surface area contributed by atoms with Gasteiger partial charge in [-0.05, 0) is 61.7 Å². The number of hydrogen-bond donors (Lipinski definition) is 2. The Hall–Kier alpha value is -3.52. The maximum absolute atomic E-state index is 13.5. The highest BCUT2D eigenvalue weighted by Crippen LogP contribution is 2.51. The lowest BCUT2D eigenvalue weighted by Crippen LogP contribution is -2.50. The number of ether oxygens (including phenoxy) is 1. The van der Waals surface area contributed by atoms with Crippen molar-refractivity contribution >= 4 is 35.1 Å². The van der Waals surface area contributed by atoms with E-state index in [2.05, 4.69) is 15.6 Å². The Morgan fingerprint density at radius 1 is 1.06 bits per heavy atom. The number of benzene rings is 2. The maximum Gasteiger partial charge on any atom is 0.327 e. The molecule has 184 valence electrons. The van der Waals surface area contributed by atoms with E-state index in [9.17, 15) is 9.59 Å². The molecule has 3 aromatic rings. The highest BCUT2D eigenvalue weighted by Gasteiger charge is 2.47. The van der Waals surface area contributed by atoms with Gasteiger partial charge in [0.15, 0.2) is 0 Å². The van der Waals surface area contributed by atoms with Crippen molar-refractivity contribution < 1.29 is 14.3 Å². The smallest absolute Gasteiger partial charge is 0.327 e. The maximum atomic E-state index is 13.5. The second-order valence-corrected chi connectivity index (χ2v) is 10.7. The number of para-hydroxylation sites is 1. The van der Waals surface area contributed by atoms with E-state index in [1.54, 1.807) is 11.1 Å². The standard InChI is InChI=1S/C28H28N4O3S/c1-17-16-20(35-19-10-6-3-7-11-19)12-13-21(17)32-22-14-15-29-27-23(22)24(31-28(32)34)25(36-27)26(33)30-18-8-4-2-5-9-18/h3,6-7,10-16,18,24-25H,2,4-5,8-9H2,1H3,(H,30,33)(H,31,34). The van der Waals surface area contributed by atoms with Crippen LogP contribution in [0.5, 0.6) is 11.5 Å². The van der Waals surface area contributed by atoms with Gasteiger partial charge in [-0.3, -0.25) is 9.69 Å². The van der Waals surface area contributed by atoms with Crippen molar-refractivity contribution in [3.05, 3.63) is 71.9 Å². The summed E-state index contributed by atoms with van der Waals surface area (Å²) in [7, 11) is 0. The summed E-state index contributed by atoms with van der Waals surface area (Å²) >= 11 is 1.44. The molecule has 2 unspecified atom stereocenters. The van der Waals surface area contributed by atoms with Crippen LogP contribution in [0.4, 0.5) is 16.2 Å². The lowest BCUT2D eigenvalue weighted by Gasteiger charge is -2.35. The highest BCUT2D eigenvalue weighted by molar-refractivity contribution is 8.01. The number of carbonyl (C=O) groups excluding carboxylic acids is 2. The first-order valence-corrected chi connectivity index (χ1v) is 13.4. The monoisotopic (exact) mass is 500 g/mol. The molecule has 1 saturated carbocycles. The number of urea groups is 1. The summed E-state index contributed by atoms with van der Waals surface area (Å²) < 4.78 is 5.97. The van der Waals surface area contributed by atoms with Gasteiger partial charge in [0.05, 0.1) is 17.4 Å². The van der Waals surface area contributed by atoms with Gasteiger partial charge in [-0.1, -0.05) is 49.2 Å². The summed E-state index contributed by atoms with van der Waals surface area (Å²) in [5, 5.41) is 6.71. The number of hydrogen-bond acceptors (Lipinski definition) is 5. The lowest BCUT2D eigenvalue weighted by atomic mass is 9.94. The molecule has 3 heterocycles. The summed E-state index contributed by atoms with van der Waals surface area (Å²) in [5.74, 6) is 1.44. The van der Waals surface area contributed by atoms with Crippen molar-refractivity contribution in [2.75, 3.05) is 4.90 Å². The van der Waals surface area contributed by atoms with Crippen LogP contribution in [0.1, 0.15) is 49.3 Å². The number of nitrogens with one attached hydrogen (secondary N) is 2. The minimum atomic E-state index is -0.426. The molecular formula is C28H28N4O3S. The van der Waals surface area contributed by atoms with Crippen LogP contribution in [0, 0.1) is 6.92 Å². The Morgan fingerprint density at radius 3 is 2.64 bits per heavy atom. The Morgan fingerprint density at radius 2 is 1.86 bits per heavy atom. The normalized spacial score (nSPS) is 21.0. The third kappa shape index (κ3) is 4.19. The number of thioether (sulfide) groups is 1. The predicted molar refractivity (Wildman–Crippen MR) is 140 cm³/mol. The van der Waals surface area contributed by atoms with Crippen LogP contribution in [-0.2, 0) is 4.79 Å². The first-order valence-electron chi connectivity index (χ1n) is 12.5. The van der Waals surface area contributed by atoms with Gasteiger partial charge < -0.3 is 15.4 Å². The summed E-state index contributed by atoms with van der Waals surface area (Å²) in [5.41, 5.74) is 3.35. The Kier molecular flexibility index (Phi) is 6.05. The molecule has 0 radical (unpaired) electrons. The summed E-state index contributed by atoms with van der Waals surface area (Å²) in [6, 6.07) is 16.7. The van der Waals surface area contributed by atoms with Crippen LogP contribution in [-0.4, -0.2) is 28.2 Å². The molecule has 7 nitrogen and oxygen atoms in total. The average Bonchev–Trinajstić information content (AvgIpc) is 3.26. The van der Waals surface area contributed by atoms with Crippen molar-refractivity contribution in [3.63, 3.8) is 0 Å². The first-order chi connectivity index (χ1) is 17.6. The second kappa shape index (κ2) is 9.50. The molecule has 6 rings (SSSR count). The van der Waals surface area contributed by atoms with E-state index in [1.807, 2.05) is 61.5 Å². The van der Waals surface area contributed by atoms with Crippen LogP contribution in [0.25, 0.3) is 0 Å². The Balaban J connectivity index is 1.27. The van der Waals surface area contributed by atoms with Gasteiger partial charge in [-0.2, -0.15) is 0 Å². The summed E-state index contributed by atoms with van der Waals surface area (Å²) in [6.45, 7) is 1.96. The SMILES string of the molecule is Cc1cc(Oc2ccccc2)ccc1N1C(=O)NC2c3c1ccnc3SC2C(=O)NC1CCCCC1. The van der Waals surface area contributed by atoms with Crippen molar-refractivity contribution in [2.45, 2.75) is 61.4 Å². The van der Waals surface area contributed by atoms with Crippen LogP contribution >= 0.6 is 11.8 Å². The number of amides is 3. The zero-order valence-electron chi connectivity index (χ0n) is 20.1. The molecule has 8 heteroatoms. The lowest BCUT2D eigenvalue weighted by molar-refractivity contribution is -0.121. The van der Waals surface area contributed by atoms with Gasteiger partial charge in [-0.25, -0.2) is 9.78 Å². The molecule has 1 fully saturated rings. The topological polar surface area (TPSA) is 83.6 Å². The highest BCUT2D eigenvalue weighted by atomic mass is 32.2. The summed E-state index contributed by atoms with van der Waals surface area (Å²) in [6.07, 6.45) is 7.29. The van der Waals surface area contributed by atoms with Crippen LogP contribution in [0.15, 0.2) is 65.8 Å². The van der Waals surface area contributed by atoms with Crippen LogP contribution < -0.4 is 20.3 Å². The molecule has 3 amide bonds. The number of carbonyl (C=O) groups is 2. The molecule has 2 aliphatic heterocycles. The fourth-order valence-electron chi connectivity index (χ4n) is 5.36. The number of aryl methyl sites for hydroxylation is 1. The minimum absolute atomic E-state index is 0.0202. The molecule has 2 aromatic carbocycles. The van der Waals surface area contributed by atoms with Gasteiger partial charge in [0, 0.05) is 17.8 Å². The number of nitrogens with zero attached hydrogens (tertiary/aromatic N) is 2. The molecule has 3 aliphatic rings. The van der Waals surface area contributed by atoms with E-state index in [4.69, 9.17) is 4.74 Å². The first kappa shape index (κ1) is 22.9. The van der Waals surface area contributed by atoms with E-state index >= 15 is 0 Å². The molecule has 0 saturated heterocycles. The van der Waals surface area contributed by atoms with Gasteiger partial charge in [-0.15, -0.1) is 0 Å². The van der Waals surface area contributed by atoms with Crippen molar-refractivity contribution in [2.24, 2.45) is 0 Å². The number of pyridine rings is 1. The van der Waals surface area contributed by atoms with Gasteiger partial charge in [0.25, 0.3) is 0 Å². The fraction of sp³-hybridized carbons (Fsp3) is 0.321. The Bertz CT molecular complexity index is 1310. The zero-order chi connectivity index (χ0) is 24.6. The molecule has 1 aromatic heterocycles. The molecule has 1 aliphatic carbocycles. The number of rotatable bonds is 5. The van der Waals surface area contributed by atoms with Crippen molar-refractivity contribution in [1.29, 1.82) is 0 Å². The van der Waals surface area contributed by atoms with Gasteiger partial charge >= 0.3 is 6.03 Å². The molecule has 36 heavy (non-hydrogen) atoms. The quantitative estimate of drug-likeness (QED) is 0.448. The summed E-state index contributed by atoms with van der Waals surface area (Å²) in [4.78, 5) is 32.9. The van der Waals surface area contributed by atoms with Gasteiger partial charge in [0.2, 0.25) is 5.91 Å². The zero-order valence-corrected chi connectivity index (χ0v) is 20.9. The number of aromatic nitrogens is 1. The predicted octanol–water partition coefficient (Wildman–Crippen LogP) is 6.01. The van der Waals surface area contributed by atoms with E-state index in [0.29, 0.717) is 5.75 Å². The third-order valence-corrected chi connectivity index (χ3v) is 8.39. The minimum Gasteiger partial charge on any atom is -0.457 e. The van der Waals surface area contributed by atoms with E-state index < -0.39 is 11.3 Å². The van der Waals surface area contributed by atoms with Crippen LogP contribution in [0.3, 0.4) is 0 Å². The number of anilines is 2. The van der Waals surface area contributed by atoms with E-state index in [0.717, 1.165) is 59.0 Å². The van der Waals surface area contributed by atoms with Gasteiger partial charge in [0.1, 0.15) is 21.8 Å². The average molecular weight is 501 g/mol.